The van der Waals surface area contributed by atoms with Gasteiger partial charge in [0, 0.05) is 17.6 Å². The first-order chi connectivity index (χ1) is 12.2. The molecule has 9 heteroatoms. The maximum absolute atomic E-state index is 12.7. The van der Waals surface area contributed by atoms with Gasteiger partial charge in [-0.3, -0.25) is 4.79 Å². The third kappa shape index (κ3) is 4.66. The van der Waals surface area contributed by atoms with Gasteiger partial charge in [0.05, 0.1) is 0 Å². The monoisotopic (exact) mass is 415 g/mol. The molecule has 0 saturated carbocycles. The van der Waals surface area contributed by atoms with Gasteiger partial charge in [0.1, 0.15) is 13.2 Å². The van der Waals surface area contributed by atoms with Gasteiger partial charge in [0.2, 0.25) is 0 Å². The van der Waals surface area contributed by atoms with E-state index in [2.05, 4.69) is 22.5 Å². The topological polar surface area (TPSA) is 85.6 Å². The molecule has 7 nitrogen and oxygen atoms in total. The van der Waals surface area contributed by atoms with Crippen molar-refractivity contribution in [2.75, 3.05) is 19.8 Å². The number of halogens is 2. The molecule has 4 rings (SSSR count). The fourth-order valence-corrected chi connectivity index (χ4v) is 3.31. The van der Waals surface area contributed by atoms with Crippen LogP contribution in [-0.2, 0) is 0 Å². The molecule has 2 N–H and O–H groups in total. The van der Waals surface area contributed by atoms with E-state index in [0.717, 1.165) is 24.9 Å². The maximum atomic E-state index is 12.7. The Labute approximate surface area is 170 Å². The molecule has 1 amide bonds. The highest BCUT2D eigenvalue weighted by molar-refractivity contribution is 5.97. The Kier molecular flexibility index (Phi) is 7.35. The minimum Gasteiger partial charge on any atom is -0.486 e. The van der Waals surface area contributed by atoms with Gasteiger partial charge in [-0.15, -0.1) is 24.8 Å². The quantitative estimate of drug-likeness (QED) is 0.801. The first-order valence-corrected chi connectivity index (χ1v) is 8.58. The van der Waals surface area contributed by atoms with Crippen LogP contribution in [0.3, 0.4) is 0 Å². The van der Waals surface area contributed by atoms with Crippen LogP contribution in [-0.4, -0.2) is 42.7 Å². The van der Waals surface area contributed by atoms with Crippen LogP contribution in [0.2, 0.25) is 0 Å². The van der Waals surface area contributed by atoms with E-state index in [1.54, 1.807) is 0 Å². The Hall–Kier alpha value is -1.96. The number of rotatable bonds is 3. The molecular formula is C18H23Cl2N3O4. The zero-order valence-corrected chi connectivity index (χ0v) is 16.5. The molecule has 2 unspecified atom stereocenters. The van der Waals surface area contributed by atoms with Gasteiger partial charge in [-0.1, -0.05) is 0 Å². The number of amides is 1. The van der Waals surface area contributed by atoms with E-state index in [4.69, 9.17) is 13.9 Å². The standard InChI is InChI=1S/C18H21N3O4.2ClH/c1-11-8-13(4-5-19-11)21-18(22)16-17(25-10-20-16)12-2-3-14-15(9-12)24-7-6-23-14;;/h2-3,9-11,13,19H,4-8H2,1H3,(H,21,22);2*1H. The van der Waals surface area contributed by atoms with Crippen LogP contribution in [0.15, 0.2) is 29.0 Å². The average Bonchev–Trinajstić information content (AvgIpc) is 3.11. The molecule has 1 aromatic carbocycles. The Morgan fingerprint density at radius 3 is 2.78 bits per heavy atom. The molecule has 148 valence electrons. The number of hydrogen-bond donors (Lipinski definition) is 2. The van der Waals surface area contributed by atoms with Gasteiger partial charge >= 0.3 is 0 Å². The van der Waals surface area contributed by atoms with E-state index in [-0.39, 0.29) is 36.8 Å². The van der Waals surface area contributed by atoms with Crippen LogP contribution in [0.1, 0.15) is 30.3 Å². The lowest BCUT2D eigenvalue weighted by Gasteiger charge is -2.28. The number of oxazole rings is 1. The van der Waals surface area contributed by atoms with E-state index in [1.165, 1.54) is 6.39 Å². The zero-order chi connectivity index (χ0) is 17.2. The lowest BCUT2D eigenvalue weighted by molar-refractivity contribution is 0.0921. The summed E-state index contributed by atoms with van der Waals surface area (Å²) in [5, 5.41) is 6.44. The van der Waals surface area contributed by atoms with E-state index >= 15 is 0 Å². The van der Waals surface area contributed by atoms with Crippen molar-refractivity contribution in [3.8, 4) is 22.8 Å². The summed E-state index contributed by atoms with van der Waals surface area (Å²) in [5.41, 5.74) is 1.04. The number of benzene rings is 1. The molecule has 27 heavy (non-hydrogen) atoms. The molecule has 0 bridgehead atoms. The van der Waals surface area contributed by atoms with E-state index < -0.39 is 0 Å². The minimum atomic E-state index is -0.210. The zero-order valence-electron chi connectivity index (χ0n) is 14.9. The largest absolute Gasteiger partial charge is 0.486 e. The van der Waals surface area contributed by atoms with Crippen LogP contribution >= 0.6 is 24.8 Å². The maximum Gasteiger partial charge on any atom is 0.274 e. The molecule has 3 heterocycles. The van der Waals surface area contributed by atoms with Gasteiger partial charge in [-0.2, -0.15) is 0 Å². The van der Waals surface area contributed by atoms with Gasteiger partial charge in [0.25, 0.3) is 5.91 Å². The van der Waals surface area contributed by atoms with Crippen LogP contribution in [0.4, 0.5) is 0 Å². The summed E-state index contributed by atoms with van der Waals surface area (Å²) in [7, 11) is 0. The number of piperidine rings is 1. The van der Waals surface area contributed by atoms with Crippen LogP contribution in [0.25, 0.3) is 11.3 Å². The van der Waals surface area contributed by atoms with Crippen molar-refractivity contribution in [1.29, 1.82) is 0 Å². The molecule has 2 aromatic rings. The average molecular weight is 416 g/mol. The summed E-state index contributed by atoms with van der Waals surface area (Å²) >= 11 is 0. The number of nitrogens with one attached hydrogen (secondary N) is 2. The van der Waals surface area contributed by atoms with Crippen molar-refractivity contribution >= 4 is 30.7 Å². The molecule has 2 aliphatic heterocycles. The van der Waals surface area contributed by atoms with Gasteiger partial charge < -0.3 is 24.5 Å². The normalized spacial score (nSPS) is 20.8. The van der Waals surface area contributed by atoms with Crippen molar-refractivity contribution in [2.24, 2.45) is 0 Å². The van der Waals surface area contributed by atoms with Gasteiger partial charge in [0.15, 0.2) is 29.3 Å². The molecule has 2 atom stereocenters. The number of hydrogen-bond acceptors (Lipinski definition) is 6. The fraction of sp³-hybridized carbons (Fsp3) is 0.444. The Bertz CT molecular complexity index is 784. The highest BCUT2D eigenvalue weighted by Crippen LogP contribution is 2.35. The van der Waals surface area contributed by atoms with Crippen molar-refractivity contribution in [1.82, 2.24) is 15.6 Å². The lowest BCUT2D eigenvalue weighted by Crippen LogP contribution is -2.46. The van der Waals surface area contributed by atoms with Crippen LogP contribution in [0.5, 0.6) is 11.5 Å². The molecular weight excluding hydrogens is 393 g/mol. The summed E-state index contributed by atoms with van der Waals surface area (Å²) in [6, 6.07) is 6.03. The Morgan fingerprint density at radius 1 is 1.22 bits per heavy atom. The first-order valence-electron chi connectivity index (χ1n) is 8.58. The Balaban J connectivity index is 0.00000131. The molecule has 0 spiro atoms. The highest BCUT2D eigenvalue weighted by atomic mass is 35.5. The Morgan fingerprint density at radius 2 is 2.00 bits per heavy atom. The molecule has 1 saturated heterocycles. The van der Waals surface area contributed by atoms with Gasteiger partial charge in [-0.25, -0.2) is 4.98 Å². The number of ether oxygens (including phenoxy) is 2. The van der Waals surface area contributed by atoms with Crippen molar-refractivity contribution in [3.63, 3.8) is 0 Å². The molecule has 2 aliphatic rings. The molecule has 0 aliphatic carbocycles. The fourth-order valence-electron chi connectivity index (χ4n) is 3.31. The third-order valence-electron chi connectivity index (χ3n) is 4.55. The SMILES string of the molecule is CC1CC(NC(=O)c2ncoc2-c2ccc3c(c2)OCCO3)CCN1.Cl.Cl. The number of nitrogens with zero attached hydrogens (tertiary/aromatic N) is 1. The number of fused-ring (bicyclic) bond motifs is 1. The second-order valence-electron chi connectivity index (χ2n) is 6.44. The number of carbonyl (C=O) groups is 1. The van der Waals surface area contributed by atoms with Crippen LogP contribution in [0, 0.1) is 0 Å². The highest BCUT2D eigenvalue weighted by Gasteiger charge is 2.25. The first kappa shape index (κ1) is 21.3. The predicted molar refractivity (Wildman–Crippen MR) is 105 cm³/mol. The summed E-state index contributed by atoms with van der Waals surface area (Å²) in [4.78, 5) is 16.8. The predicted octanol–water partition coefficient (Wildman–Crippen LogP) is 2.83. The van der Waals surface area contributed by atoms with E-state index in [9.17, 15) is 4.79 Å². The smallest absolute Gasteiger partial charge is 0.274 e. The lowest BCUT2D eigenvalue weighted by atomic mass is 10.0. The molecule has 0 radical (unpaired) electrons. The molecule has 1 aromatic heterocycles. The van der Waals surface area contributed by atoms with Crippen molar-refractivity contribution in [2.45, 2.75) is 31.8 Å². The van der Waals surface area contributed by atoms with E-state index in [1.807, 2.05) is 18.2 Å². The third-order valence-corrected chi connectivity index (χ3v) is 4.55. The summed E-state index contributed by atoms with van der Waals surface area (Å²) in [6.45, 7) is 4.07. The summed E-state index contributed by atoms with van der Waals surface area (Å²) < 4.78 is 16.6. The second-order valence-corrected chi connectivity index (χ2v) is 6.44. The minimum absolute atomic E-state index is 0. The van der Waals surface area contributed by atoms with Gasteiger partial charge in [-0.05, 0) is 44.5 Å². The number of aromatic nitrogens is 1. The van der Waals surface area contributed by atoms with Crippen LogP contribution < -0.4 is 20.1 Å². The van der Waals surface area contributed by atoms with Crippen molar-refractivity contribution < 1.29 is 18.7 Å². The molecule has 1 fully saturated rings. The number of carbonyl (C=O) groups excluding carboxylic acids is 1. The summed E-state index contributed by atoms with van der Waals surface area (Å²) in [6.07, 6.45) is 3.11. The second kappa shape index (κ2) is 9.30. The summed E-state index contributed by atoms with van der Waals surface area (Å²) in [5.74, 6) is 1.58. The van der Waals surface area contributed by atoms with Crippen molar-refractivity contribution in [3.05, 3.63) is 30.3 Å². The van der Waals surface area contributed by atoms with E-state index in [0.29, 0.717) is 42.2 Å².